The third kappa shape index (κ3) is 6.74. The summed E-state index contributed by atoms with van der Waals surface area (Å²) in [5.74, 6) is -1.11. The molecule has 1 atom stereocenters. The van der Waals surface area contributed by atoms with E-state index >= 15 is 0 Å². The van der Waals surface area contributed by atoms with E-state index in [2.05, 4.69) is 5.32 Å². The number of nitrogens with zero attached hydrogens (tertiary/aromatic N) is 2. The quantitative estimate of drug-likeness (QED) is 0.563. The molecule has 0 radical (unpaired) electrons. The number of amides is 1. The van der Waals surface area contributed by atoms with Gasteiger partial charge in [0.2, 0.25) is 15.9 Å². The van der Waals surface area contributed by atoms with Crippen LogP contribution in [0.25, 0.3) is 0 Å². The standard InChI is InChI=1S/C15H29N3O5S/c1-12(2)18(24(3,22)23)10-6-8-16-14(19)11-17-9-5-4-7-13(17)15(20)21/h12-13H,4-11H2,1-3H3,(H,16,19)(H,20,21). The molecule has 1 rings (SSSR count). The number of carboxylic acid groups (broad SMARTS) is 1. The molecule has 8 nitrogen and oxygen atoms in total. The molecule has 140 valence electrons. The third-order valence-electron chi connectivity index (χ3n) is 4.12. The number of likely N-dealkylation sites (tertiary alicyclic amines) is 1. The van der Waals surface area contributed by atoms with Crippen molar-refractivity contribution in [2.24, 2.45) is 0 Å². The smallest absolute Gasteiger partial charge is 0.320 e. The Kier molecular flexibility index (Phi) is 8.11. The van der Waals surface area contributed by atoms with Crippen LogP contribution in [0.1, 0.15) is 39.5 Å². The number of carboxylic acids is 1. The molecule has 1 saturated heterocycles. The van der Waals surface area contributed by atoms with E-state index in [1.165, 1.54) is 10.6 Å². The summed E-state index contributed by atoms with van der Waals surface area (Å²) >= 11 is 0. The van der Waals surface area contributed by atoms with E-state index in [1.54, 1.807) is 4.90 Å². The predicted molar refractivity (Wildman–Crippen MR) is 91.2 cm³/mol. The molecule has 1 aliphatic heterocycles. The second kappa shape index (κ2) is 9.33. The monoisotopic (exact) mass is 363 g/mol. The largest absolute Gasteiger partial charge is 0.480 e. The fourth-order valence-corrected chi connectivity index (χ4v) is 4.20. The van der Waals surface area contributed by atoms with Crippen molar-refractivity contribution in [3.8, 4) is 0 Å². The van der Waals surface area contributed by atoms with Crippen LogP contribution in [0.15, 0.2) is 0 Å². The average Bonchev–Trinajstić information content (AvgIpc) is 2.45. The fourth-order valence-electron chi connectivity index (χ4n) is 2.97. The first kappa shape index (κ1) is 20.9. The highest BCUT2D eigenvalue weighted by atomic mass is 32.2. The van der Waals surface area contributed by atoms with Crippen molar-refractivity contribution in [1.29, 1.82) is 0 Å². The van der Waals surface area contributed by atoms with Gasteiger partial charge in [0.1, 0.15) is 6.04 Å². The van der Waals surface area contributed by atoms with Gasteiger partial charge in [-0.1, -0.05) is 6.42 Å². The second-order valence-corrected chi connectivity index (χ2v) is 8.43. The molecule has 1 amide bonds. The molecule has 1 unspecified atom stereocenters. The van der Waals surface area contributed by atoms with Gasteiger partial charge in [-0.05, 0) is 39.7 Å². The Hall–Kier alpha value is -1.19. The van der Waals surface area contributed by atoms with Crippen LogP contribution in [-0.4, -0.2) is 79.1 Å². The molecule has 0 aliphatic carbocycles. The van der Waals surface area contributed by atoms with E-state index in [0.29, 0.717) is 32.5 Å². The van der Waals surface area contributed by atoms with Crippen molar-refractivity contribution in [3.63, 3.8) is 0 Å². The minimum absolute atomic E-state index is 0.0664. The molecule has 0 bridgehead atoms. The lowest BCUT2D eigenvalue weighted by Gasteiger charge is -2.32. The zero-order valence-electron chi connectivity index (χ0n) is 14.7. The van der Waals surface area contributed by atoms with E-state index in [-0.39, 0.29) is 18.5 Å². The van der Waals surface area contributed by atoms with Crippen molar-refractivity contribution in [1.82, 2.24) is 14.5 Å². The summed E-state index contributed by atoms with van der Waals surface area (Å²) in [5.41, 5.74) is 0. The van der Waals surface area contributed by atoms with Gasteiger partial charge in [0.15, 0.2) is 0 Å². The summed E-state index contributed by atoms with van der Waals surface area (Å²) in [4.78, 5) is 24.9. The van der Waals surface area contributed by atoms with Crippen LogP contribution in [0.5, 0.6) is 0 Å². The lowest BCUT2D eigenvalue weighted by Crippen LogP contribution is -2.49. The van der Waals surface area contributed by atoms with Crippen molar-refractivity contribution >= 4 is 21.9 Å². The number of aliphatic carboxylic acids is 1. The van der Waals surface area contributed by atoms with Gasteiger partial charge in [0, 0.05) is 19.1 Å². The first-order chi connectivity index (χ1) is 11.1. The van der Waals surface area contributed by atoms with Crippen LogP contribution >= 0.6 is 0 Å². The topological polar surface area (TPSA) is 107 Å². The molecule has 0 spiro atoms. The summed E-state index contributed by atoms with van der Waals surface area (Å²) < 4.78 is 24.7. The Balaban J connectivity index is 2.37. The lowest BCUT2D eigenvalue weighted by atomic mass is 10.0. The molecule has 1 fully saturated rings. The highest BCUT2D eigenvalue weighted by molar-refractivity contribution is 7.88. The van der Waals surface area contributed by atoms with Gasteiger partial charge in [-0.15, -0.1) is 0 Å². The molecule has 24 heavy (non-hydrogen) atoms. The summed E-state index contributed by atoms with van der Waals surface area (Å²) in [6, 6.07) is -0.716. The second-order valence-electron chi connectivity index (χ2n) is 6.49. The maximum atomic E-state index is 12.0. The minimum atomic E-state index is -3.26. The average molecular weight is 363 g/mol. The number of nitrogens with one attached hydrogen (secondary N) is 1. The summed E-state index contributed by atoms with van der Waals surface area (Å²) in [6.45, 7) is 5.00. The number of sulfonamides is 1. The van der Waals surface area contributed by atoms with Gasteiger partial charge >= 0.3 is 5.97 Å². The Morgan fingerprint density at radius 1 is 1.33 bits per heavy atom. The van der Waals surface area contributed by atoms with E-state index in [1.807, 2.05) is 13.8 Å². The molecule has 0 aromatic rings. The van der Waals surface area contributed by atoms with Crippen LogP contribution in [0, 0.1) is 0 Å². The van der Waals surface area contributed by atoms with Crippen molar-refractivity contribution in [2.45, 2.75) is 51.6 Å². The first-order valence-corrected chi connectivity index (χ1v) is 10.2. The Morgan fingerprint density at radius 2 is 2.00 bits per heavy atom. The maximum Gasteiger partial charge on any atom is 0.320 e. The summed E-state index contributed by atoms with van der Waals surface area (Å²) in [7, 11) is -3.26. The van der Waals surface area contributed by atoms with Gasteiger partial charge in [-0.3, -0.25) is 14.5 Å². The molecule has 2 N–H and O–H groups in total. The fraction of sp³-hybridized carbons (Fsp3) is 0.867. The number of hydrogen-bond acceptors (Lipinski definition) is 5. The predicted octanol–water partition coefficient (Wildman–Crippen LogP) is 0.102. The van der Waals surface area contributed by atoms with Gasteiger partial charge in [-0.2, -0.15) is 4.31 Å². The molecular formula is C15H29N3O5S. The normalized spacial score (nSPS) is 19.6. The van der Waals surface area contributed by atoms with Crippen LogP contribution < -0.4 is 5.32 Å². The molecule has 1 aliphatic rings. The van der Waals surface area contributed by atoms with Crippen LogP contribution in [0.3, 0.4) is 0 Å². The van der Waals surface area contributed by atoms with Gasteiger partial charge in [-0.25, -0.2) is 8.42 Å². The lowest BCUT2D eigenvalue weighted by molar-refractivity contribution is -0.145. The number of carbonyl (C=O) groups is 2. The van der Waals surface area contributed by atoms with Crippen molar-refractivity contribution in [2.75, 3.05) is 32.4 Å². The third-order valence-corrected chi connectivity index (χ3v) is 5.58. The maximum absolute atomic E-state index is 12.0. The summed E-state index contributed by atoms with van der Waals surface area (Å²) in [5, 5.41) is 11.9. The number of carbonyl (C=O) groups excluding carboxylic acids is 1. The van der Waals surface area contributed by atoms with Gasteiger partial charge < -0.3 is 10.4 Å². The zero-order valence-corrected chi connectivity index (χ0v) is 15.5. The number of rotatable bonds is 9. The molecule has 0 aromatic carbocycles. The number of hydrogen-bond donors (Lipinski definition) is 2. The molecule has 1 heterocycles. The highest BCUT2D eigenvalue weighted by Gasteiger charge is 2.29. The van der Waals surface area contributed by atoms with E-state index < -0.39 is 22.0 Å². The Labute approximate surface area is 144 Å². The Morgan fingerprint density at radius 3 is 2.54 bits per heavy atom. The molecular weight excluding hydrogens is 334 g/mol. The molecule has 0 saturated carbocycles. The highest BCUT2D eigenvalue weighted by Crippen LogP contribution is 2.16. The zero-order chi connectivity index (χ0) is 18.3. The Bertz CT molecular complexity index is 535. The molecule has 9 heteroatoms. The SMILES string of the molecule is CC(C)N(CCCNC(=O)CN1CCCCC1C(=O)O)S(C)(=O)=O. The van der Waals surface area contributed by atoms with Gasteiger partial charge in [0.05, 0.1) is 12.8 Å². The van der Waals surface area contributed by atoms with E-state index in [9.17, 15) is 23.1 Å². The minimum Gasteiger partial charge on any atom is -0.480 e. The van der Waals surface area contributed by atoms with Gasteiger partial charge in [0.25, 0.3) is 0 Å². The molecule has 0 aromatic heterocycles. The summed E-state index contributed by atoms with van der Waals surface area (Å²) in [6.07, 6.45) is 4.02. The van der Waals surface area contributed by atoms with E-state index in [4.69, 9.17) is 0 Å². The van der Waals surface area contributed by atoms with Crippen molar-refractivity contribution < 1.29 is 23.1 Å². The van der Waals surface area contributed by atoms with Crippen LogP contribution in [-0.2, 0) is 19.6 Å². The van der Waals surface area contributed by atoms with Crippen LogP contribution in [0.4, 0.5) is 0 Å². The number of piperidine rings is 1. The van der Waals surface area contributed by atoms with Crippen LogP contribution in [0.2, 0.25) is 0 Å². The van der Waals surface area contributed by atoms with E-state index in [0.717, 1.165) is 12.8 Å². The first-order valence-electron chi connectivity index (χ1n) is 8.33. The van der Waals surface area contributed by atoms with Crippen molar-refractivity contribution in [3.05, 3.63) is 0 Å².